The normalized spacial score (nSPS) is 20.6. The van der Waals surface area contributed by atoms with Gasteiger partial charge in [0.25, 0.3) is 0 Å². The molecule has 7 rings (SSSR count). The molecule has 6 aromatic rings. The molecule has 1 fully saturated rings. The van der Waals surface area contributed by atoms with E-state index in [4.69, 9.17) is 0 Å². The number of benzene rings is 5. The Kier molecular flexibility index (Phi) is 5.02. The van der Waals surface area contributed by atoms with Crippen LogP contribution in [-0.2, 0) is 4.79 Å². The average Bonchev–Trinajstić information content (AvgIpc) is 3.48. The van der Waals surface area contributed by atoms with Crippen LogP contribution >= 0.6 is 0 Å². The summed E-state index contributed by atoms with van der Waals surface area (Å²) in [5, 5.41) is 12.6. The van der Waals surface area contributed by atoms with E-state index in [1.54, 1.807) is 0 Å². The molecule has 1 aliphatic carbocycles. The van der Waals surface area contributed by atoms with E-state index < -0.39 is 11.4 Å². The second-order valence-electron chi connectivity index (χ2n) is 10.5. The Morgan fingerprint density at radius 3 is 1.58 bits per heavy atom. The number of nitrogens with zero attached hydrogens (tertiary/aromatic N) is 1. The molecule has 5 aromatic carbocycles. The standard InChI is InChI=1S/C35H27NO2/c1-35(34(37)38)32(25-9-3-2-4-10-25)33(35)26-17-15-23(16-18-26)24-19-21-27(22-20-24)36-30-13-7-5-11-28(30)29-12-6-8-14-31(29)36/h2-22,32-33H,1H3,(H,37,38). The van der Waals surface area contributed by atoms with Crippen molar-refractivity contribution < 1.29 is 9.90 Å². The summed E-state index contributed by atoms with van der Waals surface area (Å²) in [4.78, 5) is 12.2. The van der Waals surface area contributed by atoms with Gasteiger partial charge in [0, 0.05) is 28.3 Å². The summed E-state index contributed by atoms with van der Waals surface area (Å²) in [5.74, 6) is -0.784. The first-order valence-electron chi connectivity index (χ1n) is 13.0. The molecule has 0 radical (unpaired) electrons. The number of carboxylic acid groups (broad SMARTS) is 1. The first kappa shape index (κ1) is 22.6. The predicted molar refractivity (Wildman–Crippen MR) is 154 cm³/mol. The van der Waals surface area contributed by atoms with Crippen molar-refractivity contribution in [1.29, 1.82) is 0 Å². The molecule has 1 aromatic heterocycles. The quantitative estimate of drug-likeness (QED) is 0.262. The molecular formula is C35H27NO2. The van der Waals surface area contributed by atoms with Crippen LogP contribution < -0.4 is 0 Å². The van der Waals surface area contributed by atoms with Crippen molar-refractivity contribution >= 4 is 27.8 Å². The van der Waals surface area contributed by atoms with Gasteiger partial charge in [-0.2, -0.15) is 0 Å². The van der Waals surface area contributed by atoms with Crippen molar-refractivity contribution in [2.75, 3.05) is 0 Å². The van der Waals surface area contributed by atoms with Gasteiger partial charge in [-0.1, -0.05) is 103 Å². The van der Waals surface area contributed by atoms with E-state index in [1.807, 2.05) is 37.3 Å². The van der Waals surface area contributed by atoms with Gasteiger partial charge in [-0.3, -0.25) is 4.79 Å². The highest BCUT2D eigenvalue weighted by Gasteiger charge is 2.67. The summed E-state index contributed by atoms with van der Waals surface area (Å²) in [6, 6.07) is 44.2. The maximum absolute atomic E-state index is 12.2. The van der Waals surface area contributed by atoms with E-state index >= 15 is 0 Å². The Morgan fingerprint density at radius 2 is 1.05 bits per heavy atom. The molecule has 0 saturated heterocycles. The summed E-state index contributed by atoms with van der Waals surface area (Å²) >= 11 is 0. The van der Waals surface area contributed by atoms with E-state index in [0.717, 1.165) is 27.9 Å². The van der Waals surface area contributed by atoms with Crippen LogP contribution in [0, 0.1) is 5.41 Å². The number of hydrogen-bond acceptors (Lipinski definition) is 1. The van der Waals surface area contributed by atoms with Crippen LogP contribution in [0.15, 0.2) is 127 Å². The van der Waals surface area contributed by atoms with Crippen LogP contribution in [0.25, 0.3) is 38.6 Å². The number of rotatable bonds is 5. The van der Waals surface area contributed by atoms with Crippen molar-refractivity contribution in [2.24, 2.45) is 5.41 Å². The van der Waals surface area contributed by atoms with Crippen LogP contribution in [0.5, 0.6) is 0 Å². The highest BCUT2D eigenvalue weighted by atomic mass is 16.4. The van der Waals surface area contributed by atoms with E-state index in [-0.39, 0.29) is 11.8 Å². The molecular weight excluding hydrogens is 466 g/mol. The van der Waals surface area contributed by atoms with Crippen LogP contribution in [-0.4, -0.2) is 15.6 Å². The number of aliphatic carboxylic acids is 1. The van der Waals surface area contributed by atoms with Crippen molar-refractivity contribution in [1.82, 2.24) is 4.57 Å². The maximum Gasteiger partial charge on any atom is 0.310 e. The largest absolute Gasteiger partial charge is 0.481 e. The Bertz CT molecular complexity index is 1750. The Balaban J connectivity index is 1.21. The summed E-state index contributed by atoms with van der Waals surface area (Å²) < 4.78 is 2.32. The van der Waals surface area contributed by atoms with Gasteiger partial charge in [-0.15, -0.1) is 0 Å². The number of carboxylic acids is 1. The third-order valence-electron chi connectivity index (χ3n) is 8.44. The first-order chi connectivity index (χ1) is 18.6. The molecule has 38 heavy (non-hydrogen) atoms. The van der Waals surface area contributed by atoms with Gasteiger partial charge in [0.15, 0.2) is 0 Å². The second-order valence-corrected chi connectivity index (χ2v) is 10.5. The highest BCUT2D eigenvalue weighted by molar-refractivity contribution is 6.09. The molecule has 3 atom stereocenters. The van der Waals surface area contributed by atoms with Crippen LogP contribution in [0.2, 0.25) is 0 Å². The Labute approximate surface area is 221 Å². The molecule has 1 aliphatic rings. The lowest BCUT2D eigenvalue weighted by atomic mass is 9.98. The summed E-state index contributed by atoms with van der Waals surface area (Å²) in [5.41, 5.74) is 7.17. The van der Waals surface area contributed by atoms with Gasteiger partial charge in [-0.05, 0) is 53.4 Å². The zero-order chi connectivity index (χ0) is 25.9. The van der Waals surface area contributed by atoms with E-state index in [0.29, 0.717) is 0 Å². The molecule has 1 N–H and O–H groups in total. The lowest BCUT2D eigenvalue weighted by Crippen LogP contribution is -2.14. The fourth-order valence-corrected chi connectivity index (χ4v) is 6.40. The molecule has 0 aliphatic heterocycles. The minimum atomic E-state index is -0.785. The molecule has 0 bridgehead atoms. The minimum absolute atomic E-state index is 0.0162. The smallest absolute Gasteiger partial charge is 0.310 e. The average molecular weight is 494 g/mol. The Morgan fingerprint density at radius 1 is 0.605 bits per heavy atom. The number of fused-ring (bicyclic) bond motifs is 3. The summed E-state index contributed by atoms with van der Waals surface area (Å²) in [6.45, 7) is 1.87. The SMILES string of the molecule is CC1(C(=O)O)C(c2ccccc2)C1c1ccc(-c2ccc(-n3c4ccccc4c4ccccc43)cc2)cc1. The minimum Gasteiger partial charge on any atom is -0.481 e. The van der Waals surface area contributed by atoms with Gasteiger partial charge in [0.05, 0.1) is 16.4 Å². The molecule has 1 saturated carbocycles. The molecule has 3 heteroatoms. The van der Waals surface area contributed by atoms with Crippen molar-refractivity contribution in [3.05, 3.63) is 139 Å². The molecule has 1 heterocycles. The predicted octanol–water partition coefficient (Wildman–Crippen LogP) is 8.42. The molecule has 3 nitrogen and oxygen atoms in total. The Hall–Kier alpha value is -4.63. The summed E-state index contributed by atoms with van der Waals surface area (Å²) in [6.07, 6.45) is 0. The monoisotopic (exact) mass is 493 g/mol. The summed E-state index contributed by atoms with van der Waals surface area (Å²) in [7, 11) is 0. The van der Waals surface area contributed by atoms with Crippen molar-refractivity contribution in [3.63, 3.8) is 0 Å². The lowest BCUT2D eigenvalue weighted by Gasteiger charge is -2.10. The molecule has 0 amide bonds. The van der Waals surface area contributed by atoms with Crippen molar-refractivity contribution in [2.45, 2.75) is 18.8 Å². The maximum atomic E-state index is 12.2. The highest BCUT2D eigenvalue weighted by Crippen LogP contribution is 2.70. The lowest BCUT2D eigenvalue weighted by molar-refractivity contribution is -0.143. The third-order valence-corrected chi connectivity index (χ3v) is 8.44. The molecule has 184 valence electrons. The fraction of sp³-hybridized carbons (Fsp3) is 0.114. The van der Waals surface area contributed by atoms with Crippen LogP contribution in [0.3, 0.4) is 0 Å². The number of para-hydroxylation sites is 2. The van der Waals surface area contributed by atoms with Crippen LogP contribution in [0.4, 0.5) is 0 Å². The number of hydrogen-bond donors (Lipinski definition) is 1. The number of carbonyl (C=O) groups is 1. The van der Waals surface area contributed by atoms with Gasteiger partial charge < -0.3 is 9.67 Å². The van der Waals surface area contributed by atoms with Crippen LogP contribution in [0.1, 0.15) is 29.9 Å². The van der Waals surface area contributed by atoms with Crippen molar-refractivity contribution in [3.8, 4) is 16.8 Å². The number of aromatic nitrogens is 1. The van der Waals surface area contributed by atoms with E-state index in [2.05, 4.69) is 102 Å². The molecule has 3 unspecified atom stereocenters. The van der Waals surface area contributed by atoms with Gasteiger partial charge in [-0.25, -0.2) is 0 Å². The van der Waals surface area contributed by atoms with E-state index in [1.165, 1.54) is 21.8 Å². The second kappa shape index (κ2) is 8.46. The van der Waals surface area contributed by atoms with Gasteiger partial charge >= 0.3 is 5.97 Å². The van der Waals surface area contributed by atoms with Gasteiger partial charge in [0.1, 0.15) is 0 Å². The molecule has 0 spiro atoms. The van der Waals surface area contributed by atoms with Gasteiger partial charge in [0.2, 0.25) is 0 Å². The topological polar surface area (TPSA) is 42.2 Å². The third kappa shape index (κ3) is 3.32. The zero-order valence-electron chi connectivity index (χ0n) is 21.1. The first-order valence-corrected chi connectivity index (χ1v) is 13.0. The zero-order valence-corrected chi connectivity index (χ0v) is 21.1. The van der Waals surface area contributed by atoms with E-state index in [9.17, 15) is 9.90 Å². The fourth-order valence-electron chi connectivity index (χ4n) is 6.40.